The number of carbonyl (C=O) groups excluding carboxylic acids is 1. The lowest BCUT2D eigenvalue weighted by Gasteiger charge is -2.39. The van der Waals surface area contributed by atoms with Crippen molar-refractivity contribution in [3.05, 3.63) is 48.0 Å². The van der Waals surface area contributed by atoms with Gasteiger partial charge in [-0.15, -0.1) is 0 Å². The number of hydrogen-bond donors (Lipinski definition) is 0. The summed E-state index contributed by atoms with van der Waals surface area (Å²) in [5, 5.41) is 0. The SMILES string of the molecule is CCCCCCCCCC/C=C/[C@H]1CC[C@@H](OCc2ccccc2)[C@@H]2COC(=O)N12. The number of piperidine rings is 1. The Labute approximate surface area is 182 Å². The Balaban J connectivity index is 1.38. The Morgan fingerprint density at radius 1 is 1.03 bits per heavy atom. The number of ether oxygens (including phenoxy) is 2. The maximum absolute atomic E-state index is 12.3. The summed E-state index contributed by atoms with van der Waals surface area (Å²) in [7, 11) is 0. The van der Waals surface area contributed by atoms with E-state index in [1.807, 2.05) is 23.1 Å². The molecule has 0 saturated carbocycles. The summed E-state index contributed by atoms with van der Waals surface area (Å²) in [6.45, 7) is 3.30. The molecule has 2 saturated heterocycles. The Morgan fingerprint density at radius 2 is 1.77 bits per heavy atom. The van der Waals surface area contributed by atoms with Crippen LogP contribution >= 0.6 is 0 Å². The van der Waals surface area contributed by atoms with Gasteiger partial charge in [0.05, 0.1) is 24.8 Å². The molecular formula is C26H39NO3. The number of unbranched alkanes of at least 4 members (excludes halogenated alkanes) is 8. The fourth-order valence-electron chi connectivity index (χ4n) is 4.59. The third-order valence-electron chi connectivity index (χ3n) is 6.37. The average molecular weight is 414 g/mol. The molecule has 30 heavy (non-hydrogen) atoms. The van der Waals surface area contributed by atoms with Crippen LogP contribution < -0.4 is 0 Å². The summed E-state index contributed by atoms with van der Waals surface area (Å²) in [6, 6.07) is 10.4. The normalized spacial score (nSPS) is 23.7. The van der Waals surface area contributed by atoms with Crippen molar-refractivity contribution in [1.82, 2.24) is 4.90 Å². The van der Waals surface area contributed by atoms with Crippen LogP contribution in [0.2, 0.25) is 0 Å². The van der Waals surface area contributed by atoms with Crippen molar-refractivity contribution in [1.29, 1.82) is 0 Å². The highest BCUT2D eigenvalue weighted by Gasteiger charge is 2.45. The van der Waals surface area contributed by atoms with Gasteiger partial charge in [-0.05, 0) is 31.2 Å². The minimum absolute atomic E-state index is 0.0349. The van der Waals surface area contributed by atoms with Gasteiger partial charge in [-0.3, -0.25) is 4.90 Å². The van der Waals surface area contributed by atoms with Crippen LogP contribution in [-0.4, -0.2) is 35.8 Å². The number of benzene rings is 1. The maximum atomic E-state index is 12.3. The van der Waals surface area contributed by atoms with Gasteiger partial charge in [-0.1, -0.05) is 94.4 Å². The number of rotatable bonds is 13. The van der Waals surface area contributed by atoms with E-state index in [0.29, 0.717) is 13.2 Å². The van der Waals surface area contributed by atoms with Crippen molar-refractivity contribution in [2.75, 3.05) is 6.61 Å². The molecule has 1 amide bonds. The predicted octanol–water partition coefficient (Wildman–Crippen LogP) is 6.64. The molecule has 1 aromatic rings. The second-order valence-electron chi connectivity index (χ2n) is 8.72. The molecule has 0 radical (unpaired) electrons. The molecule has 2 fully saturated rings. The molecular weight excluding hydrogens is 374 g/mol. The van der Waals surface area contributed by atoms with E-state index in [-0.39, 0.29) is 24.3 Å². The molecule has 2 aliphatic heterocycles. The molecule has 0 spiro atoms. The molecule has 0 aliphatic carbocycles. The Bertz CT molecular complexity index is 645. The second-order valence-corrected chi connectivity index (χ2v) is 8.72. The van der Waals surface area contributed by atoms with Gasteiger partial charge in [0.2, 0.25) is 0 Å². The van der Waals surface area contributed by atoms with Gasteiger partial charge in [0.15, 0.2) is 0 Å². The molecule has 3 atom stereocenters. The number of allylic oxidation sites excluding steroid dienone is 1. The van der Waals surface area contributed by atoms with Crippen molar-refractivity contribution in [2.45, 2.75) is 102 Å². The van der Waals surface area contributed by atoms with E-state index in [1.165, 1.54) is 56.9 Å². The Morgan fingerprint density at radius 3 is 2.53 bits per heavy atom. The number of cyclic esters (lactones) is 1. The lowest BCUT2D eigenvalue weighted by atomic mass is 9.93. The molecule has 3 rings (SSSR count). The van der Waals surface area contributed by atoms with E-state index in [1.54, 1.807) is 0 Å². The monoisotopic (exact) mass is 413 g/mol. The van der Waals surface area contributed by atoms with Crippen molar-refractivity contribution in [3.63, 3.8) is 0 Å². The highest BCUT2D eigenvalue weighted by Crippen LogP contribution is 2.32. The first-order valence-corrected chi connectivity index (χ1v) is 12.1. The van der Waals surface area contributed by atoms with Gasteiger partial charge in [0.1, 0.15) is 6.61 Å². The summed E-state index contributed by atoms with van der Waals surface area (Å²) in [5.41, 5.74) is 1.17. The Hall–Kier alpha value is -1.81. The molecule has 0 unspecified atom stereocenters. The molecule has 4 heteroatoms. The third-order valence-corrected chi connectivity index (χ3v) is 6.37. The number of amides is 1. The van der Waals surface area contributed by atoms with Gasteiger partial charge in [0, 0.05) is 0 Å². The van der Waals surface area contributed by atoms with Crippen molar-refractivity contribution in [3.8, 4) is 0 Å². The van der Waals surface area contributed by atoms with E-state index in [4.69, 9.17) is 9.47 Å². The smallest absolute Gasteiger partial charge is 0.410 e. The van der Waals surface area contributed by atoms with E-state index >= 15 is 0 Å². The van der Waals surface area contributed by atoms with Gasteiger partial charge >= 0.3 is 6.09 Å². The Kier molecular flexibility index (Phi) is 9.75. The zero-order valence-electron chi connectivity index (χ0n) is 18.6. The molecule has 0 aromatic heterocycles. The molecule has 0 bridgehead atoms. The fraction of sp³-hybridized carbons (Fsp3) is 0.654. The quantitative estimate of drug-likeness (QED) is 0.269. The first kappa shape index (κ1) is 22.9. The summed E-state index contributed by atoms with van der Waals surface area (Å²) < 4.78 is 11.6. The molecule has 2 aliphatic rings. The molecule has 0 N–H and O–H groups in total. The van der Waals surface area contributed by atoms with E-state index in [0.717, 1.165) is 19.3 Å². The number of carbonyl (C=O) groups is 1. The van der Waals surface area contributed by atoms with Crippen LogP contribution in [0.3, 0.4) is 0 Å². The number of fused-ring (bicyclic) bond motifs is 1. The highest BCUT2D eigenvalue weighted by molar-refractivity contribution is 5.71. The van der Waals surface area contributed by atoms with Crippen LogP contribution in [0.1, 0.15) is 83.1 Å². The third kappa shape index (κ3) is 6.87. The van der Waals surface area contributed by atoms with Gasteiger partial charge < -0.3 is 9.47 Å². The molecule has 166 valence electrons. The zero-order valence-corrected chi connectivity index (χ0v) is 18.6. The summed E-state index contributed by atoms with van der Waals surface area (Å²) in [6.07, 6.45) is 18.1. The van der Waals surface area contributed by atoms with Crippen molar-refractivity contribution >= 4 is 6.09 Å². The van der Waals surface area contributed by atoms with Gasteiger partial charge in [-0.2, -0.15) is 0 Å². The van der Waals surface area contributed by atoms with Crippen molar-refractivity contribution < 1.29 is 14.3 Å². The van der Waals surface area contributed by atoms with E-state index in [9.17, 15) is 4.79 Å². The summed E-state index contributed by atoms with van der Waals surface area (Å²) in [5.74, 6) is 0. The lowest BCUT2D eigenvalue weighted by Crippen LogP contribution is -2.52. The topological polar surface area (TPSA) is 38.8 Å². The lowest BCUT2D eigenvalue weighted by molar-refractivity contribution is -0.0362. The van der Waals surface area contributed by atoms with Gasteiger partial charge in [-0.25, -0.2) is 4.79 Å². The summed E-state index contributed by atoms with van der Waals surface area (Å²) in [4.78, 5) is 14.3. The van der Waals surface area contributed by atoms with Crippen LogP contribution in [0.15, 0.2) is 42.5 Å². The van der Waals surface area contributed by atoms with Crippen LogP contribution in [-0.2, 0) is 16.1 Å². The zero-order chi connectivity index (χ0) is 21.0. The van der Waals surface area contributed by atoms with E-state index in [2.05, 4.69) is 31.2 Å². The molecule has 2 heterocycles. The number of nitrogens with zero attached hydrogens (tertiary/aromatic N) is 1. The average Bonchev–Trinajstić information content (AvgIpc) is 3.17. The maximum Gasteiger partial charge on any atom is 0.410 e. The second kappa shape index (κ2) is 12.8. The highest BCUT2D eigenvalue weighted by atomic mass is 16.6. The molecule has 1 aromatic carbocycles. The predicted molar refractivity (Wildman–Crippen MR) is 121 cm³/mol. The number of hydrogen-bond acceptors (Lipinski definition) is 3. The summed E-state index contributed by atoms with van der Waals surface area (Å²) >= 11 is 0. The minimum atomic E-state index is -0.185. The van der Waals surface area contributed by atoms with Crippen LogP contribution in [0.25, 0.3) is 0 Å². The minimum Gasteiger partial charge on any atom is -0.447 e. The van der Waals surface area contributed by atoms with Crippen LogP contribution in [0, 0.1) is 0 Å². The molecule has 4 nitrogen and oxygen atoms in total. The van der Waals surface area contributed by atoms with Crippen LogP contribution in [0.5, 0.6) is 0 Å². The van der Waals surface area contributed by atoms with E-state index < -0.39 is 0 Å². The first-order valence-electron chi connectivity index (χ1n) is 12.1. The standard InChI is InChI=1S/C26H39NO3/c1-2-3-4-5-6-7-8-9-10-14-17-23-18-19-25(24-21-30-26(28)27(23)24)29-20-22-15-12-11-13-16-22/h11-17,23-25H,2-10,18-21H2,1H3/b17-14+/t23-,24-,25+/m0/s1. The fourth-order valence-corrected chi connectivity index (χ4v) is 4.59. The largest absolute Gasteiger partial charge is 0.447 e. The van der Waals surface area contributed by atoms with Crippen molar-refractivity contribution in [2.24, 2.45) is 0 Å². The van der Waals surface area contributed by atoms with Gasteiger partial charge in [0.25, 0.3) is 0 Å². The first-order chi connectivity index (χ1) is 14.8. The van der Waals surface area contributed by atoms with Crippen LogP contribution in [0.4, 0.5) is 4.79 Å².